The third kappa shape index (κ3) is 4.10. The fourth-order valence-electron chi connectivity index (χ4n) is 4.16. The number of hydrogen-bond acceptors (Lipinski definition) is 5. The Balaban J connectivity index is 1.39. The predicted octanol–water partition coefficient (Wildman–Crippen LogP) is 5.62. The first-order valence-corrected chi connectivity index (χ1v) is 12.1. The molecule has 0 saturated carbocycles. The van der Waals surface area contributed by atoms with E-state index in [1.165, 1.54) is 0 Å². The summed E-state index contributed by atoms with van der Waals surface area (Å²) < 4.78 is 3.52. The Hall–Kier alpha value is -3.49. The monoisotopic (exact) mass is 490 g/mol. The van der Waals surface area contributed by atoms with Gasteiger partial charge in [-0.3, -0.25) is 9.48 Å². The van der Waals surface area contributed by atoms with Gasteiger partial charge in [0.15, 0.2) is 5.65 Å². The average molecular weight is 491 g/mol. The van der Waals surface area contributed by atoms with E-state index in [2.05, 4.69) is 26.6 Å². The topological polar surface area (TPSA) is 77.6 Å². The molecule has 0 bridgehead atoms. The molecule has 0 radical (unpaired) electrons. The van der Waals surface area contributed by atoms with Crippen LogP contribution in [0.4, 0.5) is 5.69 Å². The molecule has 0 aliphatic carbocycles. The fourth-order valence-corrected chi connectivity index (χ4v) is 5.12. The van der Waals surface area contributed by atoms with Gasteiger partial charge in [0.05, 0.1) is 34.7 Å². The van der Waals surface area contributed by atoms with Crippen LogP contribution in [0.15, 0.2) is 54.0 Å². The number of amides is 1. The number of nitrogens with one attached hydrogen (secondary N) is 1. The molecule has 1 aromatic carbocycles. The first-order valence-electron chi connectivity index (χ1n) is 10.9. The van der Waals surface area contributed by atoms with Crippen molar-refractivity contribution in [1.29, 1.82) is 0 Å². The zero-order valence-corrected chi connectivity index (χ0v) is 20.6. The van der Waals surface area contributed by atoms with E-state index in [9.17, 15) is 4.79 Å². The van der Waals surface area contributed by atoms with Crippen LogP contribution in [-0.2, 0) is 17.9 Å². The molecule has 34 heavy (non-hydrogen) atoms. The van der Waals surface area contributed by atoms with Gasteiger partial charge in [0.1, 0.15) is 6.54 Å². The van der Waals surface area contributed by atoms with Crippen LogP contribution < -0.4 is 5.32 Å². The second-order valence-electron chi connectivity index (χ2n) is 8.12. The molecule has 0 aliphatic rings. The zero-order valence-electron chi connectivity index (χ0n) is 19.0. The number of carbonyl (C=O) groups is 1. The number of hydrogen-bond donors (Lipinski definition) is 1. The quantitative estimate of drug-likeness (QED) is 0.335. The van der Waals surface area contributed by atoms with Gasteiger partial charge in [-0.25, -0.2) is 9.67 Å². The first-order chi connectivity index (χ1) is 16.4. The van der Waals surface area contributed by atoms with Crippen LogP contribution in [0.5, 0.6) is 0 Å². The molecule has 0 fully saturated rings. The van der Waals surface area contributed by atoms with E-state index in [1.807, 2.05) is 67.2 Å². The molecular weight excluding hydrogens is 468 g/mol. The lowest BCUT2D eigenvalue weighted by atomic mass is 10.1. The molecular formula is C25H23ClN6OS. The van der Waals surface area contributed by atoms with Crippen molar-refractivity contribution in [1.82, 2.24) is 24.5 Å². The van der Waals surface area contributed by atoms with E-state index in [-0.39, 0.29) is 12.5 Å². The highest BCUT2D eigenvalue weighted by Gasteiger charge is 2.19. The van der Waals surface area contributed by atoms with Crippen LogP contribution in [0.1, 0.15) is 22.6 Å². The maximum Gasteiger partial charge on any atom is 0.246 e. The van der Waals surface area contributed by atoms with Crippen LogP contribution in [0, 0.1) is 20.8 Å². The van der Waals surface area contributed by atoms with Crippen molar-refractivity contribution in [3.05, 3.63) is 81.7 Å². The molecule has 5 rings (SSSR count). The summed E-state index contributed by atoms with van der Waals surface area (Å²) in [6, 6.07) is 13.8. The molecule has 7 nitrogen and oxygen atoms in total. The number of aromatic nitrogens is 5. The number of fused-ring (bicyclic) bond motifs is 1. The van der Waals surface area contributed by atoms with Crippen molar-refractivity contribution in [3.63, 3.8) is 0 Å². The molecule has 9 heteroatoms. The molecule has 4 heterocycles. The number of aryl methyl sites for hydroxylation is 2. The Labute approximate surface area is 206 Å². The highest BCUT2D eigenvalue weighted by molar-refractivity contribution is 7.13. The Morgan fingerprint density at radius 1 is 1.03 bits per heavy atom. The third-order valence-electron chi connectivity index (χ3n) is 5.81. The standard InChI is InChI=1S/C25H23ClN6OS/c1-15-23-19(21-9-6-12-34-21)10-11-27-25(23)32(29-15)14-22(33)28-24-16(2)30-31(17(24)3)13-18-7-4-5-8-20(18)26/h4-12H,13-14H2,1-3H3,(H,28,33). The lowest BCUT2D eigenvalue weighted by Gasteiger charge is -2.09. The zero-order chi connectivity index (χ0) is 23.8. The maximum atomic E-state index is 13.0. The molecule has 0 unspecified atom stereocenters. The van der Waals surface area contributed by atoms with E-state index in [0.717, 1.165) is 38.5 Å². The number of benzene rings is 1. The van der Waals surface area contributed by atoms with Gasteiger partial charge in [-0.15, -0.1) is 11.3 Å². The van der Waals surface area contributed by atoms with Gasteiger partial charge in [-0.05, 0) is 49.9 Å². The van der Waals surface area contributed by atoms with Crippen LogP contribution >= 0.6 is 22.9 Å². The van der Waals surface area contributed by atoms with E-state index < -0.39 is 0 Å². The summed E-state index contributed by atoms with van der Waals surface area (Å²) in [4.78, 5) is 18.7. The fraction of sp³-hybridized carbons (Fsp3) is 0.200. The highest BCUT2D eigenvalue weighted by Crippen LogP contribution is 2.32. The number of halogens is 1. The first kappa shape index (κ1) is 22.3. The summed E-state index contributed by atoms with van der Waals surface area (Å²) >= 11 is 7.98. The van der Waals surface area contributed by atoms with Gasteiger partial charge in [-0.2, -0.15) is 10.2 Å². The van der Waals surface area contributed by atoms with E-state index in [4.69, 9.17) is 11.6 Å². The maximum absolute atomic E-state index is 13.0. The van der Waals surface area contributed by atoms with Gasteiger partial charge in [0, 0.05) is 21.7 Å². The van der Waals surface area contributed by atoms with Crippen molar-refractivity contribution in [2.45, 2.75) is 33.9 Å². The van der Waals surface area contributed by atoms with Crippen molar-refractivity contribution in [2.24, 2.45) is 0 Å². The number of thiophene rings is 1. The highest BCUT2D eigenvalue weighted by atomic mass is 35.5. The Bertz CT molecular complexity index is 1500. The predicted molar refractivity (Wildman–Crippen MR) is 136 cm³/mol. The molecule has 0 saturated heterocycles. The molecule has 5 aromatic rings. The number of nitrogens with zero attached hydrogens (tertiary/aromatic N) is 5. The number of rotatable bonds is 6. The summed E-state index contributed by atoms with van der Waals surface area (Å²) in [6.45, 7) is 6.35. The van der Waals surface area contributed by atoms with Gasteiger partial charge >= 0.3 is 0 Å². The molecule has 4 aromatic heterocycles. The number of carbonyl (C=O) groups excluding carboxylic acids is 1. The van der Waals surface area contributed by atoms with Crippen molar-refractivity contribution >= 4 is 45.6 Å². The van der Waals surface area contributed by atoms with Crippen LogP contribution in [0.2, 0.25) is 5.02 Å². The lowest BCUT2D eigenvalue weighted by molar-refractivity contribution is -0.116. The molecule has 0 atom stereocenters. The van der Waals surface area contributed by atoms with Crippen molar-refractivity contribution in [2.75, 3.05) is 5.32 Å². The Kier molecular flexibility index (Phi) is 5.93. The van der Waals surface area contributed by atoms with E-state index >= 15 is 0 Å². The molecule has 1 amide bonds. The minimum Gasteiger partial charge on any atom is -0.321 e. The van der Waals surface area contributed by atoms with Gasteiger partial charge < -0.3 is 5.32 Å². The molecule has 0 aliphatic heterocycles. The summed E-state index contributed by atoms with van der Waals surface area (Å²) in [7, 11) is 0. The molecule has 1 N–H and O–H groups in total. The van der Waals surface area contributed by atoms with Gasteiger partial charge in [0.25, 0.3) is 0 Å². The second-order valence-corrected chi connectivity index (χ2v) is 9.48. The largest absolute Gasteiger partial charge is 0.321 e. The minimum absolute atomic E-state index is 0.0554. The van der Waals surface area contributed by atoms with Crippen molar-refractivity contribution < 1.29 is 4.79 Å². The average Bonchev–Trinajstić information content (AvgIpc) is 3.52. The van der Waals surface area contributed by atoms with Gasteiger partial charge in [-0.1, -0.05) is 35.9 Å². The number of pyridine rings is 1. The van der Waals surface area contributed by atoms with Crippen molar-refractivity contribution in [3.8, 4) is 10.4 Å². The van der Waals surface area contributed by atoms with E-state index in [0.29, 0.717) is 22.9 Å². The lowest BCUT2D eigenvalue weighted by Crippen LogP contribution is -2.20. The van der Waals surface area contributed by atoms with E-state index in [1.54, 1.807) is 22.2 Å². The minimum atomic E-state index is -0.184. The molecule has 172 valence electrons. The van der Waals surface area contributed by atoms with Crippen LogP contribution in [0.3, 0.4) is 0 Å². The third-order valence-corrected chi connectivity index (χ3v) is 7.08. The smallest absolute Gasteiger partial charge is 0.246 e. The van der Waals surface area contributed by atoms with Gasteiger partial charge in [0.2, 0.25) is 5.91 Å². The SMILES string of the molecule is Cc1nn(Cc2ccccc2Cl)c(C)c1NC(=O)Cn1nc(C)c2c(-c3cccs3)ccnc21. The second kappa shape index (κ2) is 9.04. The normalized spacial score (nSPS) is 11.3. The number of anilines is 1. The van der Waals surface area contributed by atoms with Crippen LogP contribution in [-0.4, -0.2) is 30.5 Å². The van der Waals surface area contributed by atoms with Crippen LogP contribution in [0.25, 0.3) is 21.5 Å². The Morgan fingerprint density at radius 3 is 2.59 bits per heavy atom. The summed E-state index contributed by atoms with van der Waals surface area (Å²) in [5, 5.41) is 16.0. The summed E-state index contributed by atoms with van der Waals surface area (Å²) in [6.07, 6.45) is 1.76. The Morgan fingerprint density at radius 2 is 1.82 bits per heavy atom. The summed E-state index contributed by atoms with van der Waals surface area (Å²) in [5.74, 6) is -0.184. The molecule has 0 spiro atoms. The summed E-state index contributed by atoms with van der Waals surface area (Å²) in [5.41, 5.74) is 5.91.